The topological polar surface area (TPSA) is 82.9 Å². The molecule has 1 aromatic heterocycles. The first-order chi connectivity index (χ1) is 6.25. The van der Waals surface area contributed by atoms with Crippen molar-refractivity contribution in [2.45, 2.75) is 13.3 Å². The largest absolute Gasteiger partial charge is 0.320 e. The van der Waals surface area contributed by atoms with Crippen LogP contribution in [0.5, 0.6) is 0 Å². The molecular weight excluding hydrogens is 168 g/mol. The minimum Gasteiger partial charge on any atom is -0.320 e. The van der Waals surface area contributed by atoms with Crippen molar-refractivity contribution in [1.29, 1.82) is 0 Å². The summed E-state index contributed by atoms with van der Waals surface area (Å²) in [5.41, 5.74) is 0.826. The Balaban J connectivity index is 2.39. The van der Waals surface area contributed by atoms with Crippen molar-refractivity contribution in [2.24, 2.45) is 5.84 Å². The van der Waals surface area contributed by atoms with Crippen LogP contribution in [-0.4, -0.2) is 35.5 Å². The fourth-order valence-electron chi connectivity index (χ4n) is 1.08. The zero-order valence-electron chi connectivity index (χ0n) is 8.04. The molecular formula is C7H16N6. The monoisotopic (exact) mass is 184 g/mol. The molecule has 0 saturated carbocycles. The second kappa shape index (κ2) is 4.78. The van der Waals surface area contributed by atoms with Gasteiger partial charge in [-0.25, -0.2) is 5.84 Å². The Morgan fingerprint density at radius 1 is 1.54 bits per heavy atom. The van der Waals surface area contributed by atoms with Gasteiger partial charge in [0.15, 0.2) is 5.82 Å². The van der Waals surface area contributed by atoms with E-state index in [0.717, 1.165) is 31.0 Å². The highest BCUT2D eigenvalue weighted by Gasteiger charge is 2.07. The van der Waals surface area contributed by atoms with Crippen molar-refractivity contribution in [1.82, 2.24) is 20.7 Å². The summed E-state index contributed by atoms with van der Waals surface area (Å²) in [6.07, 6.45) is 0.985. The third-order valence-corrected chi connectivity index (χ3v) is 1.80. The quantitative estimate of drug-likeness (QED) is 0.323. The van der Waals surface area contributed by atoms with Crippen LogP contribution in [-0.2, 0) is 0 Å². The zero-order chi connectivity index (χ0) is 9.68. The maximum absolute atomic E-state index is 5.76. The summed E-state index contributed by atoms with van der Waals surface area (Å²) in [7, 11) is 1.92. The molecule has 6 heteroatoms. The molecule has 0 atom stereocenters. The van der Waals surface area contributed by atoms with Crippen LogP contribution in [0, 0.1) is 6.92 Å². The number of aromatic amines is 1. The number of anilines is 1. The molecule has 74 valence electrons. The summed E-state index contributed by atoms with van der Waals surface area (Å²) in [5.74, 6) is 6.48. The highest BCUT2D eigenvalue weighted by atomic mass is 15.5. The summed E-state index contributed by atoms with van der Waals surface area (Å²) in [6.45, 7) is 3.59. The maximum atomic E-state index is 5.76. The second-order valence-electron chi connectivity index (χ2n) is 2.88. The van der Waals surface area contributed by atoms with Gasteiger partial charge in [-0.15, -0.1) is 5.10 Å². The number of nitrogens with two attached hydrogens (primary N) is 1. The predicted octanol–water partition coefficient (Wildman–Crippen LogP) is -0.597. The number of hydrazine groups is 1. The lowest BCUT2D eigenvalue weighted by Crippen LogP contribution is -2.34. The number of nitrogens with zero attached hydrogens (tertiary/aromatic N) is 3. The van der Waals surface area contributed by atoms with E-state index in [9.17, 15) is 0 Å². The van der Waals surface area contributed by atoms with Gasteiger partial charge in [-0.2, -0.15) is 10.3 Å². The first kappa shape index (κ1) is 9.94. The van der Waals surface area contributed by atoms with E-state index >= 15 is 0 Å². The molecule has 6 nitrogen and oxygen atoms in total. The van der Waals surface area contributed by atoms with Crippen LogP contribution >= 0.6 is 0 Å². The molecule has 0 aliphatic carbocycles. The maximum Gasteiger partial charge on any atom is 0.187 e. The van der Waals surface area contributed by atoms with E-state index in [1.165, 1.54) is 0 Å². The third-order valence-electron chi connectivity index (χ3n) is 1.80. The molecule has 0 bridgehead atoms. The third kappa shape index (κ3) is 2.67. The number of aryl methyl sites for hydroxylation is 1. The number of hydrogen-bond donors (Lipinski definition) is 3. The van der Waals surface area contributed by atoms with Crippen LogP contribution in [0.4, 0.5) is 5.82 Å². The lowest BCUT2D eigenvalue weighted by Gasteiger charge is -2.15. The molecule has 4 N–H and O–H groups in total. The van der Waals surface area contributed by atoms with Gasteiger partial charge in [-0.3, -0.25) is 5.01 Å². The smallest absolute Gasteiger partial charge is 0.187 e. The Morgan fingerprint density at radius 2 is 2.31 bits per heavy atom. The second-order valence-corrected chi connectivity index (χ2v) is 2.88. The van der Waals surface area contributed by atoms with Crippen molar-refractivity contribution < 1.29 is 0 Å². The van der Waals surface area contributed by atoms with Crippen LogP contribution in [0.3, 0.4) is 0 Å². The standard InChI is InChI=1S/C7H16N6/c1-6-7(11-12-10-6)13(8)5-3-4-9-2/h9H,3-5,8H2,1-2H3,(H,10,11,12). The first-order valence-electron chi connectivity index (χ1n) is 4.30. The van der Waals surface area contributed by atoms with Gasteiger partial charge in [-0.05, 0) is 26.9 Å². The molecule has 0 aliphatic heterocycles. The zero-order valence-corrected chi connectivity index (χ0v) is 8.04. The summed E-state index contributed by atoms with van der Waals surface area (Å²) in [4.78, 5) is 0. The van der Waals surface area contributed by atoms with Gasteiger partial charge < -0.3 is 5.32 Å². The van der Waals surface area contributed by atoms with Gasteiger partial charge in [-0.1, -0.05) is 0 Å². The Kier molecular flexibility index (Phi) is 3.66. The molecule has 0 aliphatic rings. The summed E-state index contributed by atoms with van der Waals surface area (Å²) in [5, 5.41) is 15.0. The average molecular weight is 184 g/mol. The molecule has 13 heavy (non-hydrogen) atoms. The highest BCUT2D eigenvalue weighted by Crippen LogP contribution is 2.08. The van der Waals surface area contributed by atoms with Crippen LogP contribution in [0.25, 0.3) is 0 Å². The number of rotatable bonds is 5. The normalized spacial score (nSPS) is 10.4. The van der Waals surface area contributed by atoms with Gasteiger partial charge in [0.2, 0.25) is 0 Å². The van der Waals surface area contributed by atoms with E-state index in [0.29, 0.717) is 0 Å². The highest BCUT2D eigenvalue weighted by molar-refractivity contribution is 5.39. The predicted molar refractivity (Wildman–Crippen MR) is 51.2 cm³/mol. The van der Waals surface area contributed by atoms with Crippen LogP contribution in [0.1, 0.15) is 12.1 Å². The van der Waals surface area contributed by atoms with Crippen LogP contribution in [0.15, 0.2) is 0 Å². The minimum atomic E-state index is 0.719. The van der Waals surface area contributed by atoms with E-state index in [1.54, 1.807) is 5.01 Å². The number of nitrogens with one attached hydrogen (secondary N) is 2. The summed E-state index contributed by atoms with van der Waals surface area (Å²) >= 11 is 0. The van der Waals surface area contributed by atoms with Gasteiger partial charge in [0.25, 0.3) is 0 Å². The average Bonchev–Trinajstić information content (AvgIpc) is 2.52. The van der Waals surface area contributed by atoms with E-state index in [4.69, 9.17) is 5.84 Å². The molecule has 0 saturated heterocycles. The van der Waals surface area contributed by atoms with Gasteiger partial charge in [0.1, 0.15) is 5.69 Å². The molecule has 0 fully saturated rings. The molecule has 0 spiro atoms. The minimum absolute atomic E-state index is 0.719. The van der Waals surface area contributed by atoms with Crippen molar-refractivity contribution in [3.05, 3.63) is 5.69 Å². The van der Waals surface area contributed by atoms with E-state index < -0.39 is 0 Å². The SMILES string of the molecule is CNCCCN(N)c1n[nH]nc1C. The van der Waals surface area contributed by atoms with E-state index in [1.807, 2.05) is 14.0 Å². The molecule has 1 heterocycles. The molecule has 0 unspecified atom stereocenters. The van der Waals surface area contributed by atoms with Gasteiger partial charge >= 0.3 is 0 Å². The lowest BCUT2D eigenvalue weighted by molar-refractivity contribution is 0.690. The van der Waals surface area contributed by atoms with Crippen molar-refractivity contribution in [2.75, 3.05) is 25.1 Å². The van der Waals surface area contributed by atoms with Crippen molar-refractivity contribution in [3.63, 3.8) is 0 Å². The van der Waals surface area contributed by atoms with Crippen LogP contribution in [0.2, 0.25) is 0 Å². The number of H-pyrrole nitrogens is 1. The Bertz CT molecular complexity index is 245. The van der Waals surface area contributed by atoms with Gasteiger partial charge in [0.05, 0.1) is 0 Å². The fraction of sp³-hybridized carbons (Fsp3) is 0.714. The molecule has 1 aromatic rings. The molecule has 0 radical (unpaired) electrons. The lowest BCUT2D eigenvalue weighted by atomic mass is 10.4. The van der Waals surface area contributed by atoms with Crippen molar-refractivity contribution in [3.8, 4) is 0 Å². The Labute approximate surface area is 77.5 Å². The summed E-state index contributed by atoms with van der Waals surface area (Å²) in [6, 6.07) is 0. The Morgan fingerprint density at radius 3 is 2.85 bits per heavy atom. The number of aromatic nitrogens is 3. The molecule has 0 amide bonds. The first-order valence-corrected chi connectivity index (χ1v) is 4.30. The Hall–Kier alpha value is -1.14. The van der Waals surface area contributed by atoms with Gasteiger partial charge in [0, 0.05) is 6.54 Å². The van der Waals surface area contributed by atoms with Crippen LogP contribution < -0.4 is 16.2 Å². The van der Waals surface area contributed by atoms with E-state index in [2.05, 4.69) is 20.7 Å². The summed E-state index contributed by atoms with van der Waals surface area (Å²) < 4.78 is 0. The van der Waals surface area contributed by atoms with E-state index in [-0.39, 0.29) is 0 Å². The molecule has 0 aromatic carbocycles. The van der Waals surface area contributed by atoms with Crippen molar-refractivity contribution >= 4 is 5.82 Å². The molecule has 1 rings (SSSR count). The number of hydrogen-bond acceptors (Lipinski definition) is 5. The fourth-order valence-corrected chi connectivity index (χ4v) is 1.08.